The number of hydrogen-bond acceptors (Lipinski definition) is 2. The molecule has 0 saturated carbocycles. The third-order valence-electron chi connectivity index (χ3n) is 14.8. The molecule has 0 fully saturated rings. The first-order valence-electron chi connectivity index (χ1n) is 23.9. The lowest BCUT2D eigenvalue weighted by atomic mass is 9.64. The first kappa shape index (κ1) is 39.2. The summed E-state index contributed by atoms with van der Waals surface area (Å²) in [5.41, 5.74) is 18.6. The van der Waals surface area contributed by atoms with E-state index in [-0.39, 0.29) is 0 Å². The summed E-state index contributed by atoms with van der Waals surface area (Å²) < 4.78 is 0. The minimum atomic E-state index is -0.613. The van der Waals surface area contributed by atoms with Crippen LogP contribution in [0.1, 0.15) is 22.3 Å². The van der Waals surface area contributed by atoms with Crippen LogP contribution >= 0.6 is 0 Å². The second-order valence-corrected chi connectivity index (χ2v) is 18.3. The Hall–Kier alpha value is -8.98. The summed E-state index contributed by atoms with van der Waals surface area (Å²) in [5, 5.41) is 7.33. The molecule has 0 N–H and O–H groups in total. The van der Waals surface area contributed by atoms with Crippen molar-refractivity contribution in [3.05, 3.63) is 289 Å². The third-order valence-corrected chi connectivity index (χ3v) is 14.8. The summed E-state index contributed by atoms with van der Waals surface area (Å²) in [7, 11) is 0. The smallest absolute Gasteiger partial charge is 0.0755 e. The van der Waals surface area contributed by atoms with Gasteiger partial charge >= 0.3 is 0 Å². The highest BCUT2D eigenvalue weighted by Gasteiger charge is 2.52. The largest absolute Gasteiger partial charge is 0.310 e. The average molecular weight is 877 g/mol. The molecular formula is C67H44N2. The molecule has 0 saturated heterocycles. The standard InChI is InChI=1S/C67H44N2/c1-2-25-47(26-3-1)68-62-41-18-15-37-58(62)67(59-38-16-19-42-63(59)68)57-36-14-12-34-56(57)66-60(67)39-21-43-64(66)69(65-44-46-23-5-7-28-49(46)51-29-10-11-33-55(51)65)61-40-17-13-32-54(61)53-31-9-8-30-52(53)50-35-20-24-45-22-4-6-27-48(45)50/h1-44H. The van der Waals surface area contributed by atoms with Gasteiger partial charge in [-0.25, -0.2) is 0 Å². The quantitative estimate of drug-likeness (QED) is 0.154. The van der Waals surface area contributed by atoms with Gasteiger partial charge in [-0.2, -0.15) is 0 Å². The van der Waals surface area contributed by atoms with Crippen LogP contribution in [0.5, 0.6) is 0 Å². The number of fused-ring (bicyclic) bond motifs is 13. The van der Waals surface area contributed by atoms with E-state index in [1.807, 2.05) is 0 Å². The van der Waals surface area contributed by atoms with Crippen LogP contribution in [0.2, 0.25) is 0 Å². The molecule has 322 valence electrons. The van der Waals surface area contributed by atoms with Crippen LogP contribution in [-0.4, -0.2) is 0 Å². The van der Waals surface area contributed by atoms with Gasteiger partial charge in [0.2, 0.25) is 0 Å². The maximum absolute atomic E-state index is 2.59. The molecule has 69 heavy (non-hydrogen) atoms. The number of para-hydroxylation sites is 4. The van der Waals surface area contributed by atoms with Crippen molar-refractivity contribution in [3.63, 3.8) is 0 Å². The topological polar surface area (TPSA) is 6.48 Å². The molecule has 12 aromatic carbocycles. The van der Waals surface area contributed by atoms with Gasteiger partial charge in [-0.3, -0.25) is 0 Å². The van der Waals surface area contributed by atoms with E-state index in [1.165, 1.54) is 93.8 Å². The van der Waals surface area contributed by atoms with Gasteiger partial charge in [0.05, 0.1) is 33.9 Å². The van der Waals surface area contributed by atoms with Crippen LogP contribution in [-0.2, 0) is 5.41 Å². The van der Waals surface area contributed by atoms with Crippen LogP contribution in [0.15, 0.2) is 267 Å². The molecule has 0 bridgehead atoms. The Balaban J connectivity index is 1.10. The van der Waals surface area contributed by atoms with Crippen LogP contribution < -0.4 is 9.80 Å². The summed E-state index contributed by atoms with van der Waals surface area (Å²) in [6.45, 7) is 0. The second kappa shape index (κ2) is 15.6. The van der Waals surface area contributed by atoms with Crippen LogP contribution in [0, 0.1) is 0 Å². The summed E-state index contributed by atoms with van der Waals surface area (Å²) in [6.07, 6.45) is 0. The van der Waals surface area contributed by atoms with E-state index in [4.69, 9.17) is 0 Å². The minimum Gasteiger partial charge on any atom is -0.310 e. The van der Waals surface area contributed by atoms with E-state index in [9.17, 15) is 0 Å². The van der Waals surface area contributed by atoms with Crippen molar-refractivity contribution in [1.29, 1.82) is 0 Å². The SMILES string of the molecule is c1ccc(N2c3ccccc3C3(c4ccccc4-c4c(N(c5ccccc5-c5ccccc5-c5cccc6ccccc56)c5cc6ccccc6c6ccccc56)cccc43)c3ccccc32)cc1. The highest BCUT2D eigenvalue weighted by molar-refractivity contribution is 6.16. The second-order valence-electron chi connectivity index (χ2n) is 18.3. The highest BCUT2D eigenvalue weighted by Crippen LogP contribution is 2.65. The monoisotopic (exact) mass is 876 g/mol. The minimum absolute atomic E-state index is 0.613. The molecule has 2 nitrogen and oxygen atoms in total. The Kier molecular flexibility index (Phi) is 8.84. The maximum atomic E-state index is 2.59. The molecule has 1 spiro atoms. The first-order valence-corrected chi connectivity index (χ1v) is 23.9. The van der Waals surface area contributed by atoms with E-state index < -0.39 is 5.41 Å². The van der Waals surface area contributed by atoms with Crippen molar-refractivity contribution in [1.82, 2.24) is 0 Å². The zero-order valence-corrected chi connectivity index (χ0v) is 37.8. The lowest BCUT2D eigenvalue weighted by Gasteiger charge is -2.45. The number of hydrogen-bond donors (Lipinski definition) is 0. The van der Waals surface area contributed by atoms with Gasteiger partial charge in [-0.05, 0) is 114 Å². The number of nitrogens with zero attached hydrogens (tertiary/aromatic N) is 2. The lowest BCUT2D eigenvalue weighted by molar-refractivity contribution is 0.752. The Morgan fingerprint density at radius 3 is 1.51 bits per heavy atom. The summed E-state index contributed by atoms with van der Waals surface area (Å²) in [6, 6.07) is 98.9. The average Bonchev–Trinajstić information content (AvgIpc) is 3.72. The van der Waals surface area contributed by atoms with E-state index >= 15 is 0 Å². The molecule has 2 heteroatoms. The summed E-state index contributed by atoms with van der Waals surface area (Å²) in [5.74, 6) is 0. The van der Waals surface area contributed by atoms with Crippen molar-refractivity contribution >= 4 is 66.4 Å². The van der Waals surface area contributed by atoms with Crippen molar-refractivity contribution < 1.29 is 0 Å². The zero-order valence-electron chi connectivity index (χ0n) is 37.8. The van der Waals surface area contributed by atoms with Crippen LogP contribution in [0.4, 0.5) is 34.1 Å². The molecule has 0 radical (unpaired) electrons. The molecule has 0 amide bonds. The number of anilines is 6. The van der Waals surface area contributed by atoms with Crippen molar-refractivity contribution in [2.24, 2.45) is 0 Å². The number of benzene rings is 12. The first-order chi connectivity index (χ1) is 34.3. The molecule has 12 aromatic rings. The highest BCUT2D eigenvalue weighted by atomic mass is 15.2. The van der Waals surface area contributed by atoms with Gasteiger partial charge in [-0.1, -0.05) is 224 Å². The summed E-state index contributed by atoms with van der Waals surface area (Å²) in [4.78, 5) is 5.05. The molecule has 0 atom stereocenters. The predicted octanol–water partition coefficient (Wildman–Crippen LogP) is 18.1. The third kappa shape index (κ3) is 5.73. The molecule has 1 aliphatic heterocycles. The van der Waals surface area contributed by atoms with Crippen LogP contribution in [0.25, 0.3) is 65.7 Å². The van der Waals surface area contributed by atoms with Crippen molar-refractivity contribution in [3.8, 4) is 33.4 Å². The molecular weight excluding hydrogens is 833 g/mol. The molecule has 14 rings (SSSR count). The van der Waals surface area contributed by atoms with Gasteiger partial charge in [0, 0.05) is 22.2 Å². The summed E-state index contributed by atoms with van der Waals surface area (Å²) >= 11 is 0. The fourth-order valence-corrected chi connectivity index (χ4v) is 12.1. The molecule has 1 heterocycles. The maximum Gasteiger partial charge on any atom is 0.0755 e. The van der Waals surface area contributed by atoms with Gasteiger partial charge in [0.1, 0.15) is 0 Å². The molecule has 0 unspecified atom stereocenters. The number of rotatable bonds is 6. The van der Waals surface area contributed by atoms with E-state index in [0.717, 1.165) is 28.3 Å². The van der Waals surface area contributed by atoms with Crippen LogP contribution in [0.3, 0.4) is 0 Å². The van der Waals surface area contributed by atoms with Gasteiger partial charge in [-0.15, -0.1) is 0 Å². The lowest BCUT2D eigenvalue weighted by Crippen LogP contribution is -2.36. The van der Waals surface area contributed by atoms with E-state index in [1.54, 1.807) is 0 Å². The van der Waals surface area contributed by atoms with E-state index in [2.05, 4.69) is 277 Å². The van der Waals surface area contributed by atoms with Crippen molar-refractivity contribution in [2.45, 2.75) is 5.41 Å². The fraction of sp³-hybridized carbons (Fsp3) is 0.0149. The van der Waals surface area contributed by atoms with Crippen molar-refractivity contribution in [2.75, 3.05) is 9.80 Å². The normalized spacial score (nSPS) is 13.0. The predicted molar refractivity (Wildman–Crippen MR) is 290 cm³/mol. The zero-order chi connectivity index (χ0) is 45.5. The Morgan fingerprint density at radius 1 is 0.275 bits per heavy atom. The van der Waals surface area contributed by atoms with Gasteiger partial charge in [0.15, 0.2) is 0 Å². The molecule has 2 aliphatic rings. The Labute approximate surface area is 402 Å². The Bertz CT molecular complexity index is 3940. The van der Waals surface area contributed by atoms with Gasteiger partial charge in [0.25, 0.3) is 0 Å². The Morgan fingerprint density at radius 2 is 0.754 bits per heavy atom. The van der Waals surface area contributed by atoms with Gasteiger partial charge < -0.3 is 9.80 Å². The van der Waals surface area contributed by atoms with E-state index in [0.29, 0.717) is 0 Å². The molecule has 0 aromatic heterocycles. The fourth-order valence-electron chi connectivity index (χ4n) is 12.1. The molecule has 1 aliphatic carbocycles.